The molecule has 0 aliphatic heterocycles. The fourth-order valence-corrected chi connectivity index (χ4v) is 2.94. The van der Waals surface area contributed by atoms with Gasteiger partial charge in [-0.2, -0.15) is 5.10 Å². The van der Waals surface area contributed by atoms with Crippen LogP contribution in [0.4, 0.5) is 0 Å². The van der Waals surface area contributed by atoms with Crippen molar-refractivity contribution in [3.63, 3.8) is 0 Å². The second-order valence-electron chi connectivity index (χ2n) is 7.18. The number of aryl methyl sites for hydroxylation is 1. The molecule has 0 aliphatic rings. The number of carbonyl (C=O) groups excluding carboxylic acids is 1. The number of fused-ring (bicyclic) bond motifs is 1. The lowest BCUT2D eigenvalue weighted by Crippen LogP contribution is -2.34. The van der Waals surface area contributed by atoms with Crippen molar-refractivity contribution < 1.29 is 9.53 Å². The summed E-state index contributed by atoms with van der Waals surface area (Å²) in [5.41, 5.74) is 1.35. The SMILES string of the molecule is Cc1nn(CC(=O)NCc2ccccc2OCC(C)C)c(=O)c2ccccc12. The van der Waals surface area contributed by atoms with Crippen molar-refractivity contribution in [3.05, 3.63) is 70.1 Å². The minimum atomic E-state index is -0.275. The normalized spacial score (nSPS) is 11.0. The van der Waals surface area contributed by atoms with Gasteiger partial charge in [0, 0.05) is 17.5 Å². The van der Waals surface area contributed by atoms with Crippen molar-refractivity contribution in [1.29, 1.82) is 0 Å². The van der Waals surface area contributed by atoms with Gasteiger partial charge in [0.05, 0.1) is 17.7 Å². The van der Waals surface area contributed by atoms with Crippen LogP contribution >= 0.6 is 0 Å². The predicted molar refractivity (Wildman–Crippen MR) is 109 cm³/mol. The zero-order valence-corrected chi connectivity index (χ0v) is 16.4. The third-order valence-electron chi connectivity index (χ3n) is 4.37. The van der Waals surface area contributed by atoms with E-state index < -0.39 is 0 Å². The van der Waals surface area contributed by atoms with E-state index in [9.17, 15) is 9.59 Å². The number of amides is 1. The lowest BCUT2D eigenvalue weighted by molar-refractivity contribution is -0.122. The van der Waals surface area contributed by atoms with E-state index in [4.69, 9.17) is 4.74 Å². The number of aromatic nitrogens is 2. The molecule has 146 valence electrons. The Morgan fingerprint density at radius 1 is 1.11 bits per heavy atom. The van der Waals surface area contributed by atoms with Crippen LogP contribution in [0, 0.1) is 12.8 Å². The second-order valence-corrected chi connectivity index (χ2v) is 7.18. The molecule has 0 saturated heterocycles. The molecule has 0 atom stereocenters. The summed E-state index contributed by atoms with van der Waals surface area (Å²) in [6.45, 7) is 6.81. The van der Waals surface area contributed by atoms with E-state index in [0.29, 0.717) is 24.5 Å². The zero-order valence-electron chi connectivity index (χ0n) is 16.4. The van der Waals surface area contributed by atoms with Crippen molar-refractivity contribution in [1.82, 2.24) is 15.1 Å². The summed E-state index contributed by atoms with van der Waals surface area (Å²) in [6, 6.07) is 14.9. The summed E-state index contributed by atoms with van der Waals surface area (Å²) in [7, 11) is 0. The highest BCUT2D eigenvalue weighted by Gasteiger charge is 2.12. The maximum absolute atomic E-state index is 12.6. The lowest BCUT2D eigenvalue weighted by atomic mass is 10.1. The third kappa shape index (κ3) is 4.57. The van der Waals surface area contributed by atoms with E-state index in [1.54, 1.807) is 6.07 Å². The first-order valence-corrected chi connectivity index (χ1v) is 9.39. The molecule has 6 heteroatoms. The topological polar surface area (TPSA) is 73.2 Å². The molecule has 0 radical (unpaired) electrons. The van der Waals surface area contributed by atoms with Crippen molar-refractivity contribution in [3.8, 4) is 5.75 Å². The summed E-state index contributed by atoms with van der Waals surface area (Å²) in [5, 5.41) is 8.50. The van der Waals surface area contributed by atoms with Gasteiger partial charge in [0.25, 0.3) is 5.56 Å². The number of rotatable bonds is 7. The molecule has 2 aromatic carbocycles. The summed E-state index contributed by atoms with van der Waals surface area (Å²) in [6.07, 6.45) is 0. The quantitative estimate of drug-likeness (QED) is 0.685. The van der Waals surface area contributed by atoms with Crippen LogP contribution in [0.25, 0.3) is 10.8 Å². The number of nitrogens with zero attached hydrogens (tertiary/aromatic N) is 2. The van der Waals surface area contributed by atoms with Gasteiger partial charge in [0.15, 0.2) is 0 Å². The third-order valence-corrected chi connectivity index (χ3v) is 4.37. The van der Waals surface area contributed by atoms with E-state index in [1.807, 2.05) is 49.4 Å². The molecule has 0 aliphatic carbocycles. The van der Waals surface area contributed by atoms with Gasteiger partial charge in [-0.05, 0) is 25.0 Å². The van der Waals surface area contributed by atoms with Crippen LogP contribution < -0.4 is 15.6 Å². The minimum Gasteiger partial charge on any atom is -0.493 e. The van der Waals surface area contributed by atoms with Crippen molar-refractivity contribution in [2.24, 2.45) is 5.92 Å². The average molecular weight is 379 g/mol. The van der Waals surface area contributed by atoms with E-state index in [1.165, 1.54) is 4.68 Å². The molecule has 0 unspecified atom stereocenters. The highest BCUT2D eigenvalue weighted by Crippen LogP contribution is 2.18. The van der Waals surface area contributed by atoms with Gasteiger partial charge < -0.3 is 10.1 Å². The number of hydrogen-bond acceptors (Lipinski definition) is 4. The van der Waals surface area contributed by atoms with Gasteiger partial charge in [-0.3, -0.25) is 9.59 Å². The Labute approximate surface area is 164 Å². The molecule has 3 rings (SSSR count). The summed E-state index contributed by atoms with van der Waals surface area (Å²) in [5.74, 6) is 0.896. The van der Waals surface area contributed by atoms with Gasteiger partial charge in [0.1, 0.15) is 12.3 Å². The van der Waals surface area contributed by atoms with E-state index >= 15 is 0 Å². The first-order valence-electron chi connectivity index (χ1n) is 9.39. The van der Waals surface area contributed by atoms with Gasteiger partial charge >= 0.3 is 0 Å². The van der Waals surface area contributed by atoms with E-state index in [0.717, 1.165) is 22.4 Å². The standard InChI is InChI=1S/C22H25N3O3/c1-15(2)14-28-20-11-7-4-8-17(20)12-23-21(26)13-25-22(27)19-10-6-5-9-18(19)16(3)24-25/h4-11,15H,12-14H2,1-3H3,(H,23,26). The highest BCUT2D eigenvalue weighted by molar-refractivity contribution is 5.83. The Morgan fingerprint density at radius 2 is 1.79 bits per heavy atom. The smallest absolute Gasteiger partial charge is 0.275 e. The summed E-state index contributed by atoms with van der Waals surface area (Å²) < 4.78 is 7.03. The molecule has 6 nitrogen and oxygen atoms in total. The Morgan fingerprint density at radius 3 is 2.54 bits per heavy atom. The highest BCUT2D eigenvalue weighted by atomic mass is 16.5. The molecule has 0 bridgehead atoms. The number of carbonyl (C=O) groups is 1. The van der Waals surface area contributed by atoms with Crippen LogP contribution in [0.3, 0.4) is 0 Å². The predicted octanol–water partition coefficient (Wildman–Crippen LogP) is 3.06. The molecule has 28 heavy (non-hydrogen) atoms. The molecule has 1 N–H and O–H groups in total. The summed E-state index contributed by atoms with van der Waals surface area (Å²) in [4.78, 5) is 25.0. The second kappa shape index (κ2) is 8.69. The Hall–Kier alpha value is -3.15. The molecular weight excluding hydrogens is 354 g/mol. The lowest BCUT2D eigenvalue weighted by Gasteiger charge is -2.14. The van der Waals surface area contributed by atoms with Crippen LogP contribution in [0.5, 0.6) is 5.75 Å². The molecule has 0 fully saturated rings. The molecule has 1 heterocycles. The van der Waals surface area contributed by atoms with Crippen LogP contribution in [0.15, 0.2) is 53.3 Å². The molecule has 3 aromatic rings. The van der Waals surface area contributed by atoms with Crippen molar-refractivity contribution in [2.45, 2.75) is 33.9 Å². The molecular formula is C22H25N3O3. The Bertz CT molecular complexity index is 1040. The van der Waals surface area contributed by atoms with Gasteiger partial charge in [0.2, 0.25) is 5.91 Å². The fourth-order valence-electron chi connectivity index (χ4n) is 2.94. The van der Waals surface area contributed by atoms with Crippen LogP contribution in [-0.2, 0) is 17.9 Å². The average Bonchev–Trinajstić information content (AvgIpc) is 2.69. The zero-order chi connectivity index (χ0) is 20.1. The van der Waals surface area contributed by atoms with Crippen molar-refractivity contribution >= 4 is 16.7 Å². The Kier molecular flexibility index (Phi) is 6.09. The van der Waals surface area contributed by atoms with E-state index in [2.05, 4.69) is 24.3 Å². The molecule has 0 saturated carbocycles. The molecule has 1 aromatic heterocycles. The van der Waals surface area contributed by atoms with Gasteiger partial charge in [-0.25, -0.2) is 4.68 Å². The number of ether oxygens (including phenoxy) is 1. The van der Waals surface area contributed by atoms with Gasteiger partial charge in [-0.1, -0.05) is 50.2 Å². The fraction of sp³-hybridized carbons (Fsp3) is 0.318. The Balaban J connectivity index is 1.70. The first kappa shape index (κ1) is 19.6. The number of nitrogens with one attached hydrogen (secondary N) is 1. The number of para-hydroxylation sites is 1. The minimum absolute atomic E-state index is 0.125. The first-order chi connectivity index (χ1) is 13.5. The number of hydrogen-bond donors (Lipinski definition) is 1. The van der Waals surface area contributed by atoms with Crippen molar-refractivity contribution in [2.75, 3.05) is 6.61 Å². The van der Waals surface area contributed by atoms with Crippen LogP contribution in [-0.4, -0.2) is 22.3 Å². The maximum Gasteiger partial charge on any atom is 0.275 e. The van der Waals surface area contributed by atoms with Gasteiger partial charge in [-0.15, -0.1) is 0 Å². The molecule has 0 spiro atoms. The van der Waals surface area contributed by atoms with Crippen LogP contribution in [0.2, 0.25) is 0 Å². The number of benzene rings is 2. The monoisotopic (exact) mass is 379 g/mol. The maximum atomic E-state index is 12.6. The summed E-state index contributed by atoms with van der Waals surface area (Å²) >= 11 is 0. The van der Waals surface area contributed by atoms with E-state index in [-0.39, 0.29) is 18.0 Å². The molecule has 1 amide bonds. The van der Waals surface area contributed by atoms with Crippen LogP contribution in [0.1, 0.15) is 25.1 Å². The largest absolute Gasteiger partial charge is 0.493 e.